The van der Waals surface area contributed by atoms with Gasteiger partial charge in [-0.1, -0.05) is 26.2 Å². The second kappa shape index (κ2) is 12.0. The van der Waals surface area contributed by atoms with Gasteiger partial charge < -0.3 is 25.4 Å². The summed E-state index contributed by atoms with van der Waals surface area (Å²) in [5.41, 5.74) is -0.449. The van der Waals surface area contributed by atoms with Gasteiger partial charge in [0.2, 0.25) is 17.7 Å². The van der Waals surface area contributed by atoms with Gasteiger partial charge in [-0.15, -0.1) is 0 Å². The molecule has 160 valence electrons. The Bertz CT molecular complexity index is 514. The summed E-state index contributed by atoms with van der Waals surface area (Å²) in [6, 6.07) is 0. The van der Waals surface area contributed by atoms with E-state index in [-0.39, 0.29) is 37.0 Å². The van der Waals surface area contributed by atoms with Crippen LogP contribution in [0.25, 0.3) is 0 Å². The van der Waals surface area contributed by atoms with E-state index >= 15 is 0 Å². The summed E-state index contributed by atoms with van der Waals surface area (Å²) in [7, 11) is 0. The monoisotopic (exact) mass is 397 g/mol. The summed E-state index contributed by atoms with van der Waals surface area (Å²) in [5, 5.41) is 8.60. The maximum atomic E-state index is 12.3. The Hall–Kier alpha value is -1.67. The van der Waals surface area contributed by atoms with Crippen molar-refractivity contribution in [3.63, 3.8) is 0 Å². The molecule has 1 unspecified atom stereocenters. The van der Waals surface area contributed by atoms with Crippen molar-refractivity contribution in [2.24, 2.45) is 0 Å². The number of carbonyl (C=O) groups is 3. The van der Waals surface area contributed by atoms with Crippen molar-refractivity contribution in [3.05, 3.63) is 0 Å². The van der Waals surface area contributed by atoms with Crippen molar-refractivity contribution in [2.75, 3.05) is 32.9 Å². The van der Waals surface area contributed by atoms with Crippen LogP contribution in [0.5, 0.6) is 0 Å². The molecule has 1 atom stereocenters. The summed E-state index contributed by atoms with van der Waals surface area (Å²) in [6.07, 6.45) is 8.06. The fraction of sp³-hybridized carbons (Fsp3) is 0.850. The van der Waals surface area contributed by atoms with Crippen LogP contribution in [0.3, 0.4) is 0 Å². The molecule has 1 aliphatic carbocycles. The predicted octanol–water partition coefficient (Wildman–Crippen LogP) is 1.03. The highest BCUT2D eigenvalue weighted by atomic mass is 16.5. The first-order chi connectivity index (χ1) is 13.5. The van der Waals surface area contributed by atoms with Crippen molar-refractivity contribution in [1.82, 2.24) is 16.0 Å². The normalized spacial score (nSPS) is 21.1. The van der Waals surface area contributed by atoms with Gasteiger partial charge in [0, 0.05) is 19.6 Å². The zero-order valence-corrected chi connectivity index (χ0v) is 17.0. The van der Waals surface area contributed by atoms with E-state index in [0.717, 1.165) is 58.0 Å². The molecular weight excluding hydrogens is 362 g/mol. The van der Waals surface area contributed by atoms with E-state index in [2.05, 4.69) is 16.0 Å². The number of nitrogens with one attached hydrogen (secondary N) is 3. The van der Waals surface area contributed by atoms with Crippen molar-refractivity contribution in [3.8, 4) is 0 Å². The maximum absolute atomic E-state index is 12.3. The van der Waals surface area contributed by atoms with Crippen molar-refractivity contribution >= 4 is 17.7 Å². The third-order valence-corrected chi connectivity index (χ3v) is 5.32. The van der Waals surface area contributed by atoms with Crippen LogP contribution in [0.2, 0.25) is 0 Å². The zero-order valence-electron chi connectivity index (χ0n) is 17.0. The molecule has 0 bridgehead atoms. The summed E-state index contributed by atoms with van der Waals surface area (Å²) in [6.45, 7) is 3.47. The molecule has 2 fully saturated rings. The zero-order chi connectivity index (χ0) is 20.2. The number of carbonyl (C=O) groups excluding carboxylic acids is 3. The van der Waals surface area contributed by atoms with Crippen LogP contribution >= 0.6 is 0 Å². The molecule has 0 aromatic carbocycles. The SMILES string of the molecule is CCCC(=O)NCC(=O)NC1(CNC(=O)COCC2CCCO2)CCCCC1. The van der Waals surface area contributed by atoms with E-state index in [1.54, 1.807) is 0 Å². The number of amides is 3. The summed E-state index contributed by atoms with van der Waals surface area (Å²) in [5.74, 6) is -0.518. The van der Waals surface area contributed by atoms with Gasteiger partial charge >= 0.3 is 0 Å². The highest BCUT2D eigenvalue weighted by Crippen LogP contribution is 2.27. The molecule has 0 aromatic rings. The first kappa shape index (κ1) is 22.6. The molecule has 3 amide bonds. The standard InChI is InChI=1S/C20H35N3O5/c1-2-7-17(24)21-12-18(25)23-20(9-4-3-5-10-20)15-22-19(26)14-27-13-16-8-6-11-28-16/h16H,2-15H2,1H3,(H,21,24)(H,22,26)(H,23,25). The van der Waals surface area contributed by atoms with E-state index in [1.165, 1.54) is 0 Å². The summed E-state index contributed by atoms with van der Waals surface area (Å²) < 4.78 is 10.9. The molecule has 1 aliphatic heterocycles. The molecule has 8 heteroatoms. The summed E-state index contributed by atoms with van der Waals surface area (Å²) in [4.78, 5) is 36.0. The van der Waals surface area contributed by atoms with Gasteiger partial charge in [0.15, 0.2) is 0 Å². The van der Waals surface area contributed by atoms with E-state index < -0.39 is 5.54 Å². The fourth-order valence-corrected chi connectivity index (χ4v) is 3.79. The van der Waals surface area contributed by atoms with E-state index in [1.807, 2.05) is 6.92 Å². The first-order valence-electron chi connectivity index (χ1n) is 10.6. The smallest absolute Gasteiger partial charge is 0.246 e. The average molecular weight is 398 g/mol. The van der Waals surface area contributed by atoms with Crippen LogP contribution in [0, 0.1) is 0 Å². The van der Waals surface area contributed by atoms with Gasteiger partial charge in [0.1, 0.15) is 6.61 Å². The van der Waals surface area contributed by atoms with Gasteiger partial charge in [-0.2, -0.15) is 0 Å². The van der Waals surface area contributed by atoms with Gasteiger partial charge in [0.25, 0.3) is 0 Å². The lowest BCUT2D eigenvalue weighted by Gasteiger charge is -2.38. The minimum atomic E-state index is -0.449. The minimum Gasteiger partial charge on any atom is -0.376 e. The van der Waals surface area contributed by atoms with E-state index in [0.29, 0.717) is 19.6 Å². The Kier molecular flexibility index (Phi) is 9.70. The Labute approximate surface area is 167 Å². The van der Waals surface area contributed by atoms with Crippen LogP contribution in [-0.2, 0) is 23.9 Å². The highest BCUT2D eigenvalue weighted by molar-refractivity contribution is 5.85. The van der Waals surface area contributed by atoms with Crippen LogP contribution in [0.1, 0.15) is 64.7 Å². The second-order valence-corrected chi connectivity index (χ2v) is 7.84. The Morgan fingerprint density at radius 2 is 1.82 bits per heavy atom. The van der Waals surface area contributed by atoms with Crippen LogP contribution < -0.4 is 16.0 Å². The molecule has 1 heterocycles. The molecule has 1 saturated carbocycles. The van der Waals surface area contributed by atoms with E-state index in [9.17, 15) is 14.4 Å². The Balaban J connectivity index is 1.73. The first-order valence-corrected chi connectivity index (χ1v) is 10.6. The lowest BCUT2D eigenvalue weighted by molar-refractivity contribution is -0.129. The molecule has 3 N–H and O–H groups in total. The van der Waals surface area contributed by atoms with Crippen molar-refractivity contribution < 1.29 is 23.9 Å². The molecule has 8 nitrogen and oxygen atoms in total. The van der Waals surface area contributed by atoms with Gasteiger partial charge in [-0.05, 0) is 32.1 Å². The molecule has 0 radical (unpaired) electrons. The molecule has 0 spiro atoms. The van der Waals surface area contributed by atoms with Gasteiger partial charge in [-0.25, -0.2) is 0 Å². The molecule has 28 heavy (non-hydrogen) atoms. The average Bonchev–Trinajstić information content (AvgIpc) is 3.19. The van der Waals surface area contributed by atoms with Crippen LogP contribution in [0.4, 0.5) is 0 Å². The number of rotatable bonds is 11. The lowest BCUT2D eigenvalue weighted by Crippen LogP contribution is -2.58. The number of hydrogen-bond donors (Lipinski definition) is 3. The minimum absolute atomic E-state index is 0.00301. The third kappa shape index (κ3) is 8.14. The van der Waals surface area contributed by atoms with Crippen molar-refractivity contribution in [2.45, 2.75) is 76.4 Å². The topological polar surface area (TPSA) is 106 Å². The molecular formula is C20H35N3O5. The van der Waals surface area contributed by atoms with Crippen LogP contribution in [0.15, 0.2) is 0 Å². The largest absolute Gasteiger partial charge is 0.376 e. The summed E-state index contributed by atoms with van der Waals surface area (Å²) >= 11 is 0. The molecule has 2 aliphatic rings. The quantitative estimate of drug-likeness (QED) is 0.483. The predicted molar refractivity (Wildman–Crippen MR) is 105 cm³/mol. The molecule has 1 saturated heterocycles. The number of hydrogen-bond acceptors (Lipinski definition) is 5. The highest BCUT2D eigenvalue weighted by Gasteiger charge is 2.34. The fourth-order valence-electron chi connectivity index (χ4n) is 3.79. The van der Waals surface area contributed by atoms with Gasteiger partial charge in [-0.3, -0.25) is 14.4 Å². The van der Waals surface area contributed by atoms with Crippen molar-refractivity contribution in [1.29, 1.82) is 0 Å². The molecule has 2 rings (SSSR count). The van der Waals surface area contributed by atoms with Crippen LogP contribution in [-0.4, -0.2) is 62.3 Å². The van der Waals surface area contributed by atoms with Gasteiger partial charge in [0.05, 0.1) is 24.8 Å². The maximum Gasteiger partial charge on any atom is 0.246 e. The second-order valence-electron chi connectivity index (χ2n) is 7.84. The Morgan fingerprint density at radius 3 is 2.50 bits per heavy atom. The third-order valence-electron chi connectivity index (χ3n) is 5.32. The molecule has 0 aromatic heterocycles. The lowest BCUT2D eigenvalue weighted by atomic mass is 9.81. The van der Waals surface area contributed by atoms with E-state index in [4.69, 9.17) is 9.47 Å². The number of ether oxygens (including phenoxy) is 2. The Morgan fingerprint density at radius 1 is 1.04 bits per heavy atom.